The molecular formula is C16H18N2O3. The summed E-state index contributed by atoms with van der Waals surface area (Å²) in [5, 5.41) is 21.0. The molecule has 1 aliphatic carbocycles. The van der Waals surface area contributed by atoms with Gasteiger partial charge in [0, 0.05) is 0 Å². The number of aliphatic carboxylic acids is 1. The van der Waals surface area contributed by atoms with Crippen LogP contribution in [0.3, 0.4) is 0 Å². The van der Waals surface area contributed by atoms with Gasteiger partial charge in [0.05, 0.1) is 23.1 Å². The molecule has 0 aromatic heterocycles. The summed E-state index contributed by atoms with van der Waals surface area (Å²) in [6, 6.07) is 8.73. The van der Waals surface area contributed by atoms with Crippen LogP contribution < -0.4 is 5.32 Å². The molecule has 1 amide bonds. The Morgan fingerprint density at radius 3 is 2.62 bits per heavy atom. The molecule has 3 atom stereocenters. The average Bonchev–Trinajstić information content (AvgIpc) is 2.92. The second kappa shape index (κ2) is 6.40. The topological polar surface area (TPSA) is 90.2 Å². The quantitative estimate of drug-likeness (QED) is 0.890. The van der Waals surface area contributed by atoms with Crippen LogP contribution in [0.2, 0.25) is 0 Å². The Balaban J connectivity index is 2.16. The number of benzene rings is 1. The number of hydrogen-bond donors (Lipinski definition) is 2. The molecule has 0 saturated heterocycles. The van der Waals surface area contributed by atoms with Crippen LogP contribution in [-0.4, -0.2) is 17.0 Å². The Kier molecular flexibility index (Phi) is 4.59. The summed E-state index contributed by atoms with van der Waals surface area (Å²) in [5.74, 6) is -2.11. The number of nitrogens with one attached hydrogen (secondary N) is 1. The Hall–Kier alpha value is -2.35. The van der Waals surface area contributed by atoms with Gasteiger partial charge in [-0.1, -0.05) is 25.5 Å². The molecule has 1 aromatic carbocycles. The van der Waals surface area contributed by atoms with Gasteiger partial charge >= 0.3 is 5.97 Å². The van der Waals surface area contributed by atoms with E-state index in [1.54, 1.807) is 24.3 Å². The number of anilines is 1. The highest BCUT2D eigenvalue weighted by molar-refractivity contribution is 5.96. The van der Waals surface area contributed by atoms with Crippen LogP contribution in [0.15, 0.2) is 24.3 Å². The fraction of sp³-hybridized carbons (Fsp3) is 0.438. The minimum atomic E-state index is -0.917. The van der Waals surface area contributed by atoms with Crippen molar-refractivity contribution in [3.63, 3.8) is 0 Å². The highest BCUT2D eigenvalue weighted by Gasteiger charge is 2.42. The molecule has 110 valence electrons. The fourth-order valence-corrected chi connectivity index (χ4v) is 2.95. The van der Waals surface area contributed by atoms with E-state index in [1.165, 1.54) is 0 Å². The van der Waals surface area contributed by atoms with E-state index in [1.807, 2.05) is 13.0 Å². The SMILES string of the molecule is CCC1CC(C(=O)O)C(C(=O)Nc2ccccc2C#N)C1. The van der Waals surface area contributed by atoms with E-state index < -0.39 is 17.8 Å². The van der Waals surface area contributed by atoms with Crippen molar-refractivity contribution in [1.29, 1.82) is 5.26 Å². The van der Waals surface area contributed by atoms with Crippen molar-refractivity contribution in [3.8, 4) is 6.07 Å². The largest absolute Gasteiger partial charge is 0.481 e. The van der Waals surface area contributed by atoms with E-state index in [2.05, 4.69) is 5.32 Å². The van der Waals surface area contributed by atoms with Crippen LogP contribution in [0.4, 0.5) is 5.69 Å². The highest BCUT2D eigenvalue weighted by atomic mass is 16.4. The molecule has 5 heteroatoms. The molecule has 1 saturated carbocycles. The van der Waals surface area contributed by atoms with E-state index in [9.17, 15) is 14.7 Å². The first-order valence-electron chi connectivity index (χ1n) is 7.09. The number of carboxylic acid groups (broad SMARTS) is 1. The molecule has 3 unspecified atom stereocenters. The number of carbonyl (C=O) groups excluding carboxylic acids is 1. The van der Waals surface area contributed by atoms with Crippen LogP contribution in [0.25, 0.3) is 0 Å². The summed E-state index contributed by atoms with van der Waals surface area (Å²) in [4.78, 5) is 23.7. The van der Waals surface area contributed by atoms with Crippen LogP contribution in [0.1, 0.15) is 31.7 Å². The third-order valence-electron chi connectivity index (χ3n) is 4.20. The van der Waals surface area contributed by atoms with Gasteiger partial charge in [-0.2, -0.15) is 5.26 Å². The summed E-state index contributed by atoms with van der Waals surface area (Å²) in [5.41, 5.74) is 0.817. The first-order valence-corrected chi connectivity index (χ1v) is 7.09. The van der Waals surface area contributed by atoms with E-state index in [0.29, 0.717) is 24.1 Å². The lowest BCUT2D eigenvalue weighted by Gasteiger charge is -2.16. The maximum absolute atomic E-state index is 12.4. The lowest BCUT2D eigenvalue weighted by atomic mass is 9.95. The highest BCUT2D eigenvalue weighted by Crippen LogP contribution is 2.39. The molecule has 0 radical (unpaired) electrons. The summed E-state index contributed by atoms with van der Waals surface area (Å²) in [7, 11) is 0. The number of nitrogens with zero attached hydrogens (tertiary/aromatic N) is 1. The van der Waals surface area contributed by atoms with Gasteiger partial charge in [-0.05, 0) is 30.9 Å². The Bertz CT molecular complexity index is 591. The summed E-state index contributed by atoms with van der Waals surface area (Å²) >= 11 is 0. The predicted octanol–water partition coefficient (Wildman–Crippen LogP) is 2.63. The Morgan fingerprint density at radius 2 is 2.00 bits per heavy atom. The van der Waals surface area contributed by atoms with Crippen molar-refractivity contribution < 1.29 is 14.7 Å². The van der Waals surface area contributed by atoms with E-state index >= 15 is 0 Å². The first-order chi connectivity index (χ1) is 10.1. The second-order valence-corrected chi connectivity index (χ2v) is 5.44. The monoisotopic (exact) mass is 286 g/mol. The minimum absolute atomic E-state index is 0.271. The molecule has 0 heterocycles. The lowest BCUT2D eigenvalue weighted by Crippen LogP contribution is -2.30. The third kappa shape index (κ3) is 3.22. The first kappa shape index (κ1) is 15.0. The molecule has 2 rings (SSSR count). The number of amides is 1. The number of para-hydroxylation sites is 1. The molecule has 0 spiro atoms. The van der Waals surface area contributed by atoms with Gasteiger partial charge in [0.15, 0.2) is 0 Å². The molecule has 1 aromatic rings. The van der Waals surface area contributed by atoms with Crippen molar-refractivity contribution >= 4 is 17.6 Å². The fourth-order valence-electron chi connectivity index (χ4n) is 2.95. The van der Waals surface area contributed by atoms with E-state index in [-0.39, 0.29) is 11.8 Å². The molecule has 0 bridgehead atoms. The zero-order chi connectivity index (χ0) is 15.4. The summed E-state index contributed by atoms with van der Waals surface area (Å²) in [6.45, 7) is 2.01. The summed E-state index contributed by atoms with van der Waals surface area (Å²) < 4.78 is 0. The molecule has 2 N–H and O–H groups in total. The zero-order valence-corrected chi connectivity index (χ0v) is 11.9. The number of carbonyl (C=O) groups is 2. The molecule has 21 heavy (non-hydrogen) atoms. The van der Waals surface area contributed by atoms with Crippen molar-refractivity contribution in [1.82, 2.24) is 0 Å². The molecule has 1 fully saturated rings. The number of hydrogen-bond acceptors (Lipinski definition) is 3. The maximum atomic E-state index is 12.4. The number of nitriles is 1. The van der Waals surface area contributed by atoms with Crippen molar-refractivity contribution in [2.24, 2.45) is 17.8 Å². The minimum Gasteiger partial charge on any atom is -0.481 e. The smallest absolute Gasteiger partial charge is 0.307 e. The Morgan fingerprint density at radius 1 is 1.33 bits per heavy atom. The van der Waals surface area contributed by atoms with Crippen molar-refractivity contribution in [3.05, 3.63) is 29.8 Å². The molecule has 1 aliphatic rings. The van der Waals surface area contributed by atoms with Gasteiger partial charge in [0.25, 0.3) is 0 Å². The number of rotatable bonds is 4. The van der Waals surface area contributed by atoms with Gasteiger partial charge in [-0.15, -0.1) is 0 Å². The van der Waals surface area contributed by atoms with Gasteiger partial charge in [0.2, 0.25) is 5.91 Å². The second-order valence-electron chi connectivity index (χ2n) is 5.44. The average molecular weight is 286 g/mol. The molecule has 5 nitrogen and oxygen atoms in total. The maximum Gasteiger partial charge on any atom is 0.307 e. The van der Waals surface area contributed by atoms with Crippen LogP contribution in [0.5, 0.6) is 0 Å². The normalized spacial score (nSPS) is 24.3. The van der Waals surface area contributed by atoms with Crippen LogP contribution >= 0.6 is 0 Å². The standard InChI is InChI=1S/C16H18N2O3/c1-2-10-7-12(13(8-10)16(20)21)15(19)18-14-6-4-3-5-11(14)9-17/h3-6,10,12-13H,2,7-8H2,1H3,(H,18,19)(H,20,21). The van der Waals surface area contributed by atoms with Gasteiger partial charge in [-0.3, -0.25) is 9.59 Å². The predicted molar refractivity (Wildman–Crippen MR) is 77.4 cm³/mol. The van der Waals surface area contributed by atoms with E-state index in [0.717, 1.165) is 6.42 Å². The molecule has 0 aliphatic heterocycles. The lowest BCUT2D eigenvalue weighted by molar-refractivity contribution is -0.145. The zero-order valence-electron chi connectivity index (χ0n) is 11.9. The molecular weight excluding hydrogens is 268 g/mol. The van der Waals surface area contributed by atoms with E-state index in [4.69, 9.17) is 5.26 Å². The third-order valence-corrected chi connectivity index (χ3v) is 4.20. The van der Waals surface area contributed by atoms with Gasteiger partial charge < -0.3 is 10.4 Å². The summed E-state index contributed by atoms with van der Waals surface area (Å²) in [6.07, 6.45) is 2.01. The van der Waals surface area contributed by atoms with Gasteiger partial charge in [-0.25, -0.2) is 0 Å². The number of carboxylic acids is 1. The van der Waals surface area contributed by atoms with Crippen LogP contribution in [-0.2, 0) is 9.59 Å². The van der Waals surface area contributed by atoms with Crippen molar-refractivity contribution in [2.45, 2.75) is 26.2 Å². The van der Waals surface area contributed by atoms with Crippen LogP contribution in [0, 0.1) is 29.1 Å². The van der Waals surface area contributed by atoms with Crippen molar-refractivity contribution in [2.75, 3.05) is 5.32 Å². The van der Waals surface area contributed by atoms with Gasteiger partial charge in [0.1, 0.15) is 6.07 Å². The Labute approximate surface area is 123 Å².